The average molecular weight is 613 g/mol. The Morgan fingerprint density at radius 3 is 2.73 bits per heavy atom. The summed E-state index contributed by atoms with van der Waals surface area (Å²) in [5.74, 6) is 0.633. The van der Waals surface area contributed by atoms with E-state index in [2.05, 4.69) is 20.0 Å². The van der Waals surface area contributed by atoms with E-state index in [0.717, 1.165) is 17.3 Å². The van der Waals surface area contributed by atoms with Gasteiger partial charge in [0.25, 0.3) is 0 Å². The molecular weight excluding hydrogens is 578 g/mol. The lowest BCUT2D eigenvalue weighted by Crippen LogP contribution is -2.32. The highest BCUT2D eigenvalue weighted by Crippen LogP contribution is 2.46. The Hall–Kier alpha value is -2.49. The molecule has 0 saturated carbocycles. The van der Waals surface area contributed by atoms with Crippen LogP contribution in [-0.4, -0.2) is 78.8 Å². The summed E-state index contributed by atoms with van der Waals surface area (Å²) in [4.78, 5) is 24.7. The van der Waals surface area contributed by atoms with Gasteiger partial charge in [0.05, 0.1) is 31.6 Å². The summed E-state index contributed by atoms with van der Waals surface area (Å²) >= 11 is 0.938. The van der Waals surface area contributed by atoms with Crippen LogP contribution in [0, 0.1) is 12.3 Å². The second-order valence-electron chi connectivity index (χ2n) is 10.1. The maximum absolute atomic E-state index is 15.2. The fourth-order valence-electron chi connectivity index (χ4n) is 3.94. The van der Waals surface area contributed by atoms with Crippen molar-refractivity contribution in [1.82, 2.24) is 24.6 Å². The van der Waals surface area contributed by atoms with E-state index in [9.17, 15) is 19.6 Å². The van der Waals surface area contributed by atoms with E-state index < -0.39 is 44.4 Å². The lowest BCUT2D eigenvalue weighted by Gasteiger charge is -2.23. The van der Waals surface area contributed by atoms with E-state index in [4.69, 9.17) is 19.5 Å². The lowest BCUT2D eigenvalue weighted by molar-refractivity contribution is -0.119. The van der Waals surface area contributed by atoms with Gasteiger partial charge in [-0.2, -0.15) is 0 Å². The third kappa shape index (κ3) is 7.48. The number of ether oxygens (including phenoxy) is 1. The number of carbonyl (C=O) groups is 1. The molecule has 0 radical (unpaired) electrons. The summed E-state index contributed by atoms with van der Waals surface area (Å²) in [6.45, 7) is 4.09. The molecule has 1 aliphatic rings. The number of nitrogen functional groups attached to an aromatic ring is 1. The largest absolute Gasteiger partial charge is 0.405 e. The molecule has 5 atom stereocenters. The number of nitrogens with two attached hydrogens (primary N) is 1. The van der Waals surface area contributed by atoms with Crippen molar-refractivity contribution in [3.8, 4) is 0 Å². The Morgan fingerprint density at radius 1 is 1.29 bits per heavy atom. The van der Waals surface area contributed by atoms with Crippen molar-refractivity contribution in [2.75, 3.05) is 31.3 Å². The van der Waals surface area contributed by atoms with Crippen molar-refractivity contribution in [3.63, 3.8) is 0 Å². The monoisotopic (exact) mass is 612 g/mol. The molecular formula is C25H34FN6O7PS. The van der Waals surface area contributed by atoms with Crippen LogP contribution < -0.4 is 10.8 Å². The zero-order valence-electron chi connectivity index (χ0n) is 22.8. The van der Waals surface area contributed by atoms with Gasteiger partial charge in [-0.3, -0.25) is 18.4 Å². The molecule has 1 aliphatic heterocycles. The maximum Gasteiger partial charge on any atom is 0.405 e. The van der Waals surface area contributed by atoms with E-state index in [-0.39, 0.29) is 47.6 Å². The average Bonchev–Trinajstić information content (AvgIpc) is 3.49. The number of hydrogen-bond acceptors (Lipinski definition) is 12. The van der Waals surface area contributed by atoms with Gasteiger partial charge in [0.2, 0.25) is 0 Å². The van der Waals surface area contributed by atoms with Gasteiger partial charge in [-0.15, -0.1) is 0 Å². The van der Waals surface area contributed by atoms with Gasteiger partial charge in [0.1, 0.15) is 23.5 Å². The summed E-state index contributed by atoms with van der Waals surface area (Å²) in [6.07, 6.45) is -4.70. The number of hydrogen-bond donors (Lipinski definition) is 4. The second-order valence-corrected chi connectivity index (χ2v) is 13.0. The number of nitrogens with one attached hydrogen (secondary N) is 1. The molecule has 224 valence electrons. The highest BCUT2D eigenvalue weighted by Gasteiger charge is 2.47. The number of anilines is 1. The standard InChI is InChI=1S/C25H34FN6O7PS/c1-15-30-21(27)19-22(31-15)32(14-28-19)23-18(26)20(34)17(39-23)12-38-40(36,29-11-16-7-5-4-6-8-16)37-9-10-41-24(35)25(2,3)13-33/h4-8,14,17-18,20,23,33-34H,9-13H2,1-3H3,(H,29,36)(H2,27,30,31)/t17-,18-,20?,23-,40?/m1/s1. The van der Waals surface area contributed by atoms with E-state index in [1.54, 1.807) is 20.8 Å². The first-order valence-electron chi connectivity index (χ1n) is 12.8. The normalized spacial score (nSPS) is 22.7. The predicted octanol–water partition coefficient (Wildman–Crippen LogP) is 2.52. The van der Waals surface area contributed by atoms with Crippen LogP contribution in [0.3, 0.4) is 0 Å². The molecule has 13 nitrogen and oxygen atoms in total. The molecule has 3 aromatic rings. The molecule has 0 spiro atoms. The first kappa shape index (κ1) is 31.4. The number of halogens is 1. The maximum atomic E-state index is 15.2. The SMILES string of the molecule is Cc1nc(N)c2ncn([C@@H]3O[C@H](COP(=O)(NCc4ccccc4)OCCSC(=O)C(C)(C)CO)C(O)[C@H]3F)c2n1. The Labute approximate surface area is 240 Å². The number of nitrogens with zero attached hydrogens (tertiary/aromatic N) is 4. The number of aromatic nitrogens is 4. The molecule has 1 fully saturated rings. The smallest absolute Gasteiger partial charge is 0.395 e. The van der Waals surface area contributed by atoms with Crippen LogP contribution in [0.2, 0.25) is 0 Å². The van der Waals surface area contributed by atoms with E-state index >= 15 is 4.39 Å². The molecule has 0 aliphatic carbocycles. The molecule has 16 heteroatoms. The van der Waals surface area contributed by atoms with Crippen LogP contribution in [0.1, 0.15) is 31.5 Å². The van der Waals surface area contributed by atoms with Crippen molar-refractivity contribution >= 4 is 41.6 Å². The van der Waals surface area contributed by atoms with Gasteiger partial charge in [0, 0.05) is 12.3 Å². The van der Waals surface area contributed by atoms with Crippen LogP contribution in [0.4, 0.5) is 10.2 Å². The van der Waals surface area contributed by atoms with Gasteiger partial charge >= 0.3 is 7.75 Å². The van der Waals surface area contributed by atoms with Crippen molar-refractivity contribution in [1.29, 1.82) is 0 Å². The first-order valence-corrected chi connectivity index (χ1v) is 15.4. The summed E-state index contributed by atoms with van der Waals surface area (Å²) < 4.78 is 47.1. The number of aliphatic hydroxyl groups is 2. The number of benzene rings is 1. The Kier molecular flexibility index (Phi) is 10.1. The van der Waals surface area contributed by atoms with Gasteiger partial charge in [-0.1, -0.05) is 42.1 Å². The summed E-state index contributed by atoms with van der Waals surface area (Å²) in [6, 6.07) is 9.11. The molecule has 41 heavy (non-hydrogen) atoms. The van der Waals surface area contributed by atoms with Crippen LogP contribution >= 0.6 is 19.5 Å². The second kappa shape index (κ2) is 13.2. The van der Waals surface area contributed by atoms with Gasteiger partial charge < -0.3 is 20.7 Å². The molecule has 5 N–H and O–H groups in total. The third-order valence-corrected chi connectivity index (χ3v) is 9.12. The molecule has 0 bridgehead atoms. The number of fused-ring (bicyclic) bond motifs is 1. The van der Waals surface area contributed by atoms with Crippen LogP contribution in [0.5, 0.6) is 0 Å². The number of aliphatic hydroxyl groups excluding tert-OH is 2. The zero-order chi connectivity index (χ0) is 29.8. The number of thioether (sulfide) groups is 1. The van der Waals surface area contributed by atoms with Gasteiger partial charge in [0.15, 0.2) is 29.0 Å². The molecule has 4 rings (SSSR count). The lowest BCUT2D eigenvalue weighted by atomic mass is 9.97. The highest BCUT2D eigenvalue weighted by molar-refractivity contribution is 8.13. The van der Waals surface area contributed by atoms with E-state index in [1.807, 2.05) is 30.3 Å². The van der Waals surface area contributed by atoms with Crippen molar-refractivity contribution in [2.24, 2.45) is 5.41 Å². The van der Waals surface area contributed by atoms with Gasteiger partial charge in [-0.05, 0) is 26.3 Å². The van der Waals surface area contributed by atoms with Crippen molar-refractivity contribution < 1.29 is 37.7 Å². The predicted molar refractivity (Wildman–Crippen MR) is 150 cm³/mol. The Balaban J connectivity index is 1.42. The highest BCUT2D eigenvalue weighted by atomic mass is 32.2. The quantitative estimate of drug-likeness (QED) is 0.163. The summed E-state index contributed by atoms with van der Waals surface area (Å²) in [5.41, 5.74) is 6.29. The molecule has 3 heterocycles. The zero-order valence-corrected chi connectivity index (χ0v) is 24.6. The Bertz CT molecular complexity index is 1400. The number of alkyl halides is 1. The first-order chi connectivity index (χ1) is 19.4. The topological polar surface area (TPSA) is 184 Å². The third-order valence-electron chi connectivity index (χ3n) is 6.38. The minimum Gasteiger partial charge on any atom is -0.395 e. The van der Waals surface area contributed by atoms with E-state index in [1.165, 1.54) is 10.9 Å². The van der Waals surface area contributed by atoms with E-state index in [0.29, 0.717) is 5.82 Å². The number of carbonyl (C=O) groups excluding carboxylic acids is 1. The molecule has 1 saturated heterocycles. The minimum absolute atomic E-state index is 0.124. The minimum atomic E-state index is -4.02. The number of rotatable bonds is 13. The fraction of sp³-hybridized carbons (Fsp3) is 0.520. The van der Waals surface area contributed by atoms with Crippen LogP contribution in [0.25, 0.3) is 11.2 Å². The van der Waals surface area contributed by atoms with Crippen LogP contribution in [-0.2, 0) is 29.7 Å². The number of aryl methyl sites for hydroxylation is 1. The summed E-state index contributed by atoms with van der Waals surface area (Å²) in [7, 11) is -4.02. The molecule has 2 unspecified atom stereocenters. The molecule has 1 aromatic carbocycles. The van der Waals surface area contributed by atoms with Crippen LogP contribution in [0.15, 0.2) is 36.7 Å². The number of imidazole rings is 1. The molecule has 0 amide bonds. The Morgan fingerprint density at radius 2 is 2.02 bits per heavy atom. The molecule has 2 aromatic heterocycles. The van der Waals surface area contributed by atoms with Crippen molar-refractivity contribution in [3.05, 3.63) is 48.0 Å². The fourth-order valence-corrected chi connectivity index (χ4v) is 6.18. The van der Waals surface area contributed by atoms with Gasteiger partial charge in [-0.25, -0.2) is 29.0 Å². The van der Waals surface area contributed by atoms with Crippen molar-refractivity contribution in [2.45, 2.75) is 51.9 Å². The summed E-state index contributed by atoms with van der Waals surface area (Å²) in [5, 5.41) is 22.5.